The lowest BCUT2D eigenvalue weighted by Gasteiger charge is -2.32. The molecule has 0 saturated heterocycles. The minimum absolute atomic E-state index is 0.00499. The molecule has 1 aromatic carbocycles. The van der Waals surface area contributed by atoms with Crippen LogP contribution in [0.1, 0.15) is 38.7 Å². The van der Waals surface area contributed by atoms with Gasteiger partial charge in [0.25, 0.3) is 0 Å². The van der Waals surface area contributed by atoms with Gasteiger partial charge in [0.2, 0.25) is 23.6 Å². The van der Waals surface area contributed by atoms with Gasteiger partial charge < -0.3 is 41.7 Å². The van der Waals surface area contributed by atoms with Gasteiger partial charge in [-0.2, -0.15) is 0 Å². The Morgan fingerprint density at radius 2 is 1.68 bits per heavy atom. The second-order valence-electron chi connectivity index (χ2n) is 10.3. The average Bonchev–Trinajstić information content (AvgIpc) is 3.02. The van der Waals surface area contributed by atoms with E-state index in [0.29, 0.717) is 5.56 Å². The van der Waals surface area contributed by atoms with Crippen molar-refractivity contribution in [2.75, 3.05) is 27.2 Å². The normalized spacial score (nSPS) is 13.4. The highest BCUT2D eigenvalue weighted by Gasteiger charge is 2.35. The molecule has 17 nitrogen and oxygen atoms in total. The maximum Gasteiger partial charge on any atom is 0.326 e. The molecule has 6 amide bonds. The van der Waals surface area contributed by atoms with Crippen molar-refractivity contribution in [3.63, 3.8) is 0 Å². The van der Waals surface area contributed by atoms with Crippen molar-refractivity contribution in [3.05, 3.63) is 48.6 Å². The highest BCUT2D eigenvalue weighted by Crippen LogP contribution is 2.13. The first-order chi connectivity index (χ1) is 22.2. The van der Waals surface area contributed by atoms with Crippen LogP contribution < -0.4 is 32.3 Å². The van der Waals surface area contributed by atoms with E-state index in [-0.39, 0.29) is 38.4 Å². The Bertz CT molecular complexity index is 1310. The predicted octanol–water partition coefficient (Wildman–Crippen LogP) is -1.22. The maximum atomic E-state index is 13.9. The zero-order valence-corrected chi connectivity index (χ0v) is 26.9. The molecule has 0 heterocycles. The number of nitrogens with zero attached hydrogens (tertiary/aromatic N) is 2. The number of amides is 6. The number of nitrogens with one attached hydrogen (secondary N) is 5. The molecule has 0 aliphatic carbocycles. The number of ether oxygens (including phenoxy) is 1. The quantitative estimate of drug-likeness (QED) is 0.0325. The summed E-state index contributed by atoms with van der Waals surface area (Å²) in [5, 5.41) is 21.7. The standard InChI is InChI=1S/C30H44N8O9/c1-6-15-47-24(40)17-22(28(44)45)36-26(42)23(16-20-11-8-7-9-12-20)38(5)27(43)21(35-25(41)18(2)34-19(3)39)13-10-14-33-29(31)37-30(46)32-4/h6-9,11-12,18,21-23H,1,10,13-17H2,2-5H3,(H,34,39)(H,35,41)(H,36,42)(H,44,45)(H4,31,32,33,37,46)/t18-,21+,22+,23+/m1/s1. The van der Waals surface area contributed by atoms with E-state index in [4.69, 9.17) is 10.5 Å². The fourth-order valence-electron chi connectivity index (χ4n) is 4.13. The number of carbonyl (C=O) groups is 7. The molecular weight excluding hydrogens is 616 g/mol. The Balaban J connectivity index is 3.32. The molecule has 17 heteroatoms. The molecule has 0 spiro atoms. The third kappa shape index (κ3) is 14.9. The number of nitrogens with two attached hydrogens (primary N) is 1. The molecule has 0 unspecified atom stereocenters. The molecule has 0 aliphatic rings. The largest absolute Gasteiger partial charge is 0.480 e. The van der Waals surface area contributed by atoms with E-state index >= 15 is 0 Å². The second kappa shape index (κ2) is 20.5. The molecule has 0 bridgehead atoms. The summed E-state index contributed by atoms with van der Waals surface area (Å²) in [6.07, 6.45) is 0.779. The van der Waals surface area contributed by atoms with Crippen molar-refractivity contribution in [1.82, 2.24) is 31.5 Å². The lowest BCUT2D eigenvalue weighted by molar-refractivity contribution is -0.150. The summed E-state index contributed by atoms with van der Waals surface area (Å²) in [4.78, 5) is 92.5. The van der Waals surface area contributed by atoms with Crippen LogP contribution in [0.4, 0.5) is 4.79 Å². The Morgan fingerprint density at radius 3 is 2.26 bits per heavy atom. The van der Waals surface area contributed by atoms with Crippen molar-refractivity contribution >= 4 is 47.6 Å². The first kappa shape index (κ1) is 39.5. The number of aliphatic imine (C=N–C) groups is 1. The topological polar surface area (TPSA) is 251 Å². The van der Waals surface area contributed by atoms with Gasteiger partial charge in [-0.25, -0.2) is 9.59 Å². The van der Waals surface area contributed by atoms with Crippen molar-refractivity contribution in [2.24, 2.45) is 10.7 Å². The number of hydrogen-bond acceptors (Lipinski definition) is 9. The predicted molar refractivity (Wildman–Crippen MR) is 171 cm³/mol. The molecular formula is C30H44N8O9. The summed E-state index contributed by atoms with van der Waals surface area (Å²) >= 11 is 0. The van der Waals surface area contributed by atoms with E-state index in [1.165, 1.54) is 34.0 Å². The highest BCUT2D eigenvalue weighted by atomic mass is 16.5. The van der Waals surface area contributed by atoms with E-state index < -0.39 is 72.2 Å². The molecule has 8 N–H and O–H groups in total. The Hall–Kier alpha value is -5.48. The number of carbonyl (C=O) groups excluding carboxylic acids is 6. The van der Waals surface area contributed by atoms with Gasteiger partial charge in [-0.3, -0.25) is 34.3 Å². The molecule has 1 rings (SSSR count). The molecule has 0 radical (unpaired) electrons. The zero-order valence-electron chi connectivity index (χ0n) is 26.9. The van der Waals surface area contributed by atoms with Crippen LogP contribution in [0.2, 0.25) is 0 Å². The van der Waals surface area contributed by atoms with Gasteiger partial charge >= 0.3 is 18.0 Å². The molecule has 4 atom stereocenters. The minimum atomic E-state index is -1.66. The van der Waals surface area contributed by atoms with Crippen LogP contribution in [0.5, 0.6) is 0 Å². The monoisotopic (exact) mass is 660 g/mol. The van der Waals surface area contributed by atoms with Gasteiger partial charge in [0, 0.05) is 34.0 Å². The summed E-state index contributed by atoms with van der Waals surface area (Å²) in [5.74, 6) is -5.28. The average molecular weight is 661 g/mol. The van der Waals surface area contributed by atoms with Crippen LogP contribution in [0.3, 0.4) is 0 Å². The van der Waals surface area contributed by atoms with E-state index in [9.17, 15) is 38.7 Å². The van der Waals surface area contributed by atoms with Gasteiger partial charge in [0.1, 0.15) is 30.8 Å². The maximum absolute atomic E-state index is 13.9. The van der Waals surface area contributed by atoms with Gasteiger partial charge in [-0.05, 0) is 25.3 Å². The molecule has 0 saturated carbocycles. The Labute approximate surface area is 272 Å². The SMILES string of the molecule is C=CCOC(=O)C[C@H](NC(=O)[C@H](Cc1ccccc1)N(C)C(=O)[C@H](CCCN=C(N)NC(=O)NC)NC(=O)[C@@H](C)NC(C)=O)C(=O)O. The smallest absolute Gasteiger partial charge is 0.326 e. The van der Waals surface area contributed by atoms with Gasteiger partial charge in [-0.15, -0.1) is 0 Å². The first-order valence-electron chi connectivity index (χ1n) is 14.7. The zero-order chi connectivity index (χ0) is 35.5. The van der Waals surface area contributed by atoms with Crippen molar-refractivity contribution < 1.29 is 43.4 Å². The van der Waals surface area contributed by atoms with Gasteiger partial charge in [0.05, 0.1) is 6.42 Å². The summed E-state index contributed by atoms with van der Waals surface area (Å²) < 4.78 is 4.85. The number of benzene rings is 1. The number of aliphatic carboxylic acids is 1. The van der Waals surface area contributed by atoms with Crippen molar-refractivity contribution in [2.45, 2.75) is 63.7 Å². The third-order valence-corrected chi connectivity index (χ3v) is 6.57. The fourth-order valence-corrected chi connectivity index (χ4v) is 4.13. The van der Waals surface area contributed by atoms with Crippen LogP contribution >= 0.6 is 0 Å². The Kier molecular flexibility index (Phi) is 17.3. The van der Waals surface area contributed by atoms with E-state index in [1.54, 1.807) is 30.3 Å². The number of hydrogen-bond donors (Lipinski definition) is 7. The molecule has 47 heavy (non-hydrogen) atoms. The summed E-state index contributed by atoms with van der Waals surface area (Å²) in [7, 11) is 2.72. The molecule has 0 aliphatic heterocycles. The second-order valence-corrected chi connectivity index (χ2v) is 10.3. The number of carboxylic acids is 1. The van der Waals surface area contributed by atoms with E-state index in [2.05, 4.69) is 38.2 Å². The van der Waals surface area contributed by atoms with Gasteiger partial charge in [-0.1, -0.05) is 43.0 Å². The van der Waals surface area contributed by atoms with Crippen LogP contribution in [0.15, 0.2) is 48.0 Å². The number of rotatable bonds is 18. The number of carboxylic acid groups (broad SMARTS) is 1. The summed E-state index contributed by atoms with van der Waals surface area (Å²) in [6.45, 7) is 5.97. The van der Waals surface area contributed by atoms with Crippen molar-refractivity contribution in [3.8, 4) is 0 Å². The van der Waals surface area contributed by atoms with E-state index in [0.717, 1.165) is 4.90 Å². The highest BCUT2D eigenvalue weighted by molar-refractivity contribution is 5.96. The molecule has 258 valence electrons. The van der Waals surface area contributed by atoms with Gasteiger partial charge in [0.15, 0.2) is 5.96 Å². The number of likely N-dealkylation sites (N-methyl/N-ethyl adjacent to an activating group) is 1. The van der Waals surface area contributed by atoms with Crippen LogP contribution in [0.25, 0.3) is 0 Å². The first-order valence-corrected chi connectivity index (χ1v) is 14.7. The molecule has 0 fully saturated rings. The fraction of sp³-hybridized carbons (Fsp3) is 0.467. The van der Waals surface area contributed by atoms with Crippen LogP contribution in [-0.2, 0) is 39.9 Å². The summed E-state index contributed by atoms with van der Waals surface area (Å²) in [5.41, 5.74) is 6.31. The van der Waals surface area contributed by atoms with Crippen LogP contribution in [-0.4, -0.2) is 109 Å². The minimum Gasteiger partial charge on any atom is -0.480 e. The van der Waals surface area contributed by atoms with Crippen molar-refractivity contribution in [1.29, 1.82) is 0 Å². The molecule has 0 aromatic heterocycles. The number of guanidine groups is 1. The third-order valence-electron chi connectivity index (χ3n) is 6.57. The molecule has 1 aromatic rings. The lowest BCUT2D eigenvalue weighted by Crippen LogP contribution is -2.58. The Morgan fingerprint density at radius 1 is 1.04 bits per heavy atom. The van der Waals surface area contributed by atoms with E-state index in [1.807, 2.05) is 0 Å². The number of esters is 1. The summed E-state index contributed by atoms with van der Waals surface area (Å²) in [6, 6.07) is 2.87. The lowest BCUT2D eigenvalue weighted by atomic mass is 10.0. The number of urea groups is 1. The van der Waals surface area contributed by atoms with Crippen LogP contribution in [0, 0.1) is 0 Å².